The van der Waals surface area contributed by atoms with Crippen molar-refractivity contribution in [2.75, 3.05) is 21.3 Å². The molecule has 1 aliphatic rings. The molecule has 0 aliphatic carbocycles. The fraction of sp³-hybridized carbons (Fsp3) is 0.450. The third-order valence-electron chi connectivity index (χ3n) is 5.09. The predicted octanol–water partition coefficient (Wildman–Crippen LogP) is 3.70. The summed E-state index contributed by atoms with van der Waals surface area (Å²) in [6.07, 6.45) is 4.71. The first-order valence-corrected chi connectivity index (χ1v) is 8.47. The summed E-state index contributed by atoms with van der Waals surface area (Å²) in [5, 5.41) is 3.76. The maximum absolute atomic E-state index is 5.50. The van der Waals surface area contributed by atoms with Crippen LogP contribution in [0.3, 0.4) is 0 Å². The quantitative estimate of drug-likeness (QED) is 0.898. The van der Waals surface area contributed by atoms with Crippen LogP contribution in [0.5, 0.6) is 17.2 Å². The molecule has 5 nitrogen and oxygen atoms in total. The fourth-order valence-electron chi connectivity index (χ4n) is 3.81. The monoisotopic (exact) mass is 342 g/mol. The molecule has 0 saturated carbocycles. The molecule has 2 atom stereocenters. The Morgan fingerprint density at radius 2 is 1.56 bits per heavy atom. The smallest absolute Gasteiger partial charge is 0.203 e. The van der Waals surface area contributed by atoms with Gasteiger partial charge in [-0.2, -0.15) is 0 Å². The van der Waals surface area contributed by atoms with E-state index in [9.17, 15) is 0 Å². The highest BCUT2D eigenvalue weighted by atomic mass is 16.5. The number of hydrogen-bond acceptors (Lipinski definition) is 5. The van der Waals surface area contributed by atoms with Crippen molar-refractivity contribution in [3.8, 4) is 17.2 Å². The molecule has 3 rings (SSSR count). The first-order chi connectivity index (χ1) is 12.0. The summed E-state index contributed by atoms with van der Waals surface area (Å²) in [6, 6.07) is 8.48. The SMILES string of the molecule is COc1cc([C@H]2C[C@@H](c3ccncc3)C(C)(C)N2)cc(OC)c1OC. The molecule has 0 bridgehead atoms. The number of benzene rings is 1. The number of rotatable bonds is 5. The Kier molecular flexibility index (Phi) is 4.86. The third kappa shape index (κ3) is 3.29. The third-order valence-corrected chi connectivity index (χ3v) is 5.09. The second-order valence-corrected chi connectivity index (χ2v) is 6.95. The summed E-state index contributed by atoms with van der Waals surface area (Å²) in [5.41, 5.74) is 2.42. The van der Waals surface area contributed by atoms with Crippen LogP contribution in [-0.4, -0.2) is 31.9 Å². The largest absolute Gasteiger partial charge is 0.493 e. The van der Waals surface area contributed by atoms with Crippen molar-refractivity contribution in [1.82, 2.24) is 10.3 Å². The molecule has 1 aromatic carbocycles. The molecule has 1 saturated heterocycles. The van der Waals surface area contributed by atoms with Gasteiger partial charge in [0.15, 0.2) is 11.5 Å². The van der Waals surface area contributed by atoms with Gasteiger partial charge in [-0.15, -0.1) is 0 Å². The molecule has 1 fully saturated rings. The number of hydrogen-bond donors (Lipinski definition) is 1. The van der Waals surface area contributed by atoms with Gasteiger partial charge in [0.1, 0.15) is 0 Å². The molecule has 1 N–H and O–H groups in total. The van der Waals surface area contributed by atoms with Gasteiger partial charge in [0.05, 0.1) is 21.3 Å². The predicted molar refractivity (Wildman–Crippen MR) is 97.6 cm³/mol. The zero-order chi connectivity index (χ0) is 18.0. The number of pyridine rings is 1. The lowest BCUT2D eigenvalue weighted by Gasteiger charge is -2.27. The summed E-state index contributed by atoms with van der Waals surface area (Å²) >= 11 is 0. The summed E-state index contributed by atoms with van der Waals surface area (Å²) in [5.74, 6) is 2.39. The second-order valence-electron chi connectivity index (χ2n) is 6.95. The maximum Gasteiger partial charge on any atom is 0.203 e. The van der Waals surface area contributed by atoms with E-state index in [1.54, 1.807) is 21.3 Å². The van der Waals surface area contributed by atoms with Crippen molar-refractivity contribution in [3.05, 3.63) is 47.8 Å². The lowest BCUT2D eigenvalue weighted by molar-refractivity contribution is 0.323. The Hall–Kier alpha value is -2.27. The zero-order valence-electron chi connectivity index (χ0n) is 15.5. The Balaban J connectivity index is 1.95. The zero-order valence-corrected chi connectivity index (χ0v) is 15.5. The topological polar surface area (TPSA) is 52.6 Å². The van der Waals surface area contributed by atoms with Gasteiger partial charge in [-0.25, -0.2) is 0 Å². The van der Waals surface area contributed by atoms with Crippen LogP contribution >= 0.6 is 0 Å². The summed E-state index contributed by atoms with van der Waals surface area (Å²) in [7, 11) is 4.91. The Morgan fingerprint density at radius 1 is 0.960 bits per heavy atom. The van der Waals surface area contributed by atoms with E-state index in [1.165, 1.54) is 5.56 Å². The van der Waals surface area contributed by atoms with E-state index >= 15 is 0 Å². The van der Waals surface area contributed by atoms with Crippen molar-refractivity contribution in [1.29, 1.82) is 0 Å². The van der Waals surface area contributed by atoms with E-state index in [1.807, 2.05) is 24.5 Å². The number of ether oxygens (including phenoxy) is 3. The highest BCUT2D eigenvalue weighted by Gasteiger charge is 2.41. The number of aromatic nitrogens is 1. The number of nitrogens with one attached hydrogen (secondary N) is 1. The molecule has 5 heteroatoms. The van der Waals surface area contributed by atoms with E-state index in [2.05, 4.69) is 36.3 Å². The highest BCUT2D eigenvalue weighted by molar-refractivity contribution is 5.54. The standard InChI is InChI=1S/C20H26N2O3/c1-20(2)15(13-6-8-21-9-7-13)12-16(22-20)14-10-17(23-3)19(25-5)18(11-14)24-4/h6-11,15-16,22H,12H2,1-5H3/t15-,16+/m0/s1. The van der Waals surface area contributed by atoms with Crippen LogP contribution in [0.25, 0.3) is 0 Å². The van der Waals surface area contributed by atoms with Crippen LogP contribution in [0.4, 0.5) is 0 Å². The average Bonchev–Trinajstić information content (AvgIpc) is 2.96. The molecule has 1 aromatic heterocycles. The van der Waals surface area contributed by atoms with Crippen molar-refractivity contribution < 1.29 is 14.2 Å². The minimum Gasteiger partial charge on any atom is -0.493 e. The van der Waals surface area contributed by atoms with Crippen LogP contribution in [0.15, 0.2) is 36.7 Å². The summed E-state index contributed by atoms with van der Waals surface area (Å²) in [4.78, 5) is 4.14. The van der Waals surface area contributed by atoms with Gasteiger partial charge >= 0.3 is 0 Å². The van der Waals surface area contributed by atoms with Crippen molar-refractivity contribution in [2.24, 2.45) is 0 Å². The van der Waals surface area contributed by atoms with Crippen LogP contribution in [0, 0.1) is 0 Å². The van der Waals surface area contributed by atoms with E-state index in [4.69, 9.17) is 14.2 Å². The van der Waals surface area contributed by atoms with Gasteiger partial charge in [-0.05, 0) is 55.7 Å². The van der Waals surface area contributed by atoms with Crippen molar-refractivity contribution in [2.45, 2.75) is 37.8 Å². The van der Waals surface area contributed by atoms with Crippen molar-refractivity contribution in [3.63, 3.8) is 0 Å². The molecule has 134 valence electrons. The Labute approximate surface area is 149 Å². The molecule has 2 heterocycles. The van der Waals surface area contributed by atoms with Gasteiger partial charge < -0.3 is 19.5 Å². The molecule has 0 unspecified atom stereocenters. The second kappa shape index (κ2) is 6.92. The Morgan fingerprint density at radius 3 is 2.08 bits per heavy atom. The van der Waals surface area contributed by atoms with Crippen LogP contribution in [0.1, 0.15) is 43.4 Å². The molecule has 0 spiro atoms. The minimum atomic E-state index is -0.0214. The van der Waals surface area contributed by atoms with Crippen LogP contribution < -0.4 is 19.5 Å². The van der Waals surface area contributed by atoms with Crippen molar-refractivity contribution >= 4 is 0 Å². The number of methoxy groups -OCH3 is 3. The molecule has 0 amide bonds. The van der Waals surface area contributed by atoms with Gasteiger partial charge in [-0.3, -0.25) is 4.98 Å². The molecule has 1 aliphatic heterocycles. The first kappa shape index (κ1) is 17.5. The molecule has 2 aromatic rings. The lowest BCUT2D eigenvalue weighted by atomic mass is 9.83. The van der Waals surface area contributed by atoms with Gasteiger partial charge in [-0.1, -0.05) is 0 Å². The Bertz CT molecular complexity index is 706. The molecular formula is C20H26N2O3. The fourth-order valence-corrected chi connectivity index (χ4v) is 3.81. The minimum absolute atomic E-state index is 0.0214. The first-order valence-electron chi connectivity index (χ1n) is 8.47. The lowest BCUT2D eigenvalue weighted by Crippen LogP contribution is -2.37. The molecular weight excluding hydrogens is 316 g/mol. The highest BCUT2D eigenvalue weighted by Crippen LogP contribution is 2.47. The van der Waals surface area contributed by atoms with Crippen LogP contribution in [-0.2, 0) is 0 Å². The van der Waals surface area contributed by atoms with E-state index < -0.39 is 0 Å². The molecule has 0 radical (unpaired) electrons. The number of nitrogens with zero attached hydrogens (tertiary/aromatic N) is 1. The van der Waals surface area contributed by atoms with Gasteiger partial charge in [0.25, 0.3) is 0 Å². The van der Waals surface area contributed by atoms with E-state index in [0.717, 1.165) is 12.0 Å². The average molecular weight is 342 g/mol. The van der Waals surface area contributed by atoms with Gasteiger partial charge in [0.2, 0.25) is 5.75 Å². The van der Waals surface area contributed by atoms with Gasteiger partial charge in [0, 0.05) is 29.9 Å². The summed E-state index contributed by atoms with van der Waals surface area (Å²) in [6.45, 7) is 4.49. The van der Waals surface area contributed by atoms with E-state index in [0.29, 0.717) is 23.2 Å². The molecule has 25 heavy (non-hydrogen) atoms. The maximum atomic E-state index is 5.50. The summed E-state index contributed by atoms with van der Waals surface area (Å²) < 4.78 is 16.4. The normalized spacial score (nSPS) is 21.8. The van der Waals surface area contributed by atoms with E-state index in [-0.39, 0.29) is 11.6 Å². The van der Waals surface area contributed by atoms with Crippen LogP contribution in [0.2, 0.25) is 0 Å².